The molecule has 0 rings (SSSR count). The van der Waals surface area contributed by atoms with Crippen LogP contribution in [0.25, 0.3) is 0 Å². The molecule has 0 aliphatic rings. The average Bonchev–Trinajstić information content (AvgIpc) is 2.32. The Labute approximate surface area is 149 Å². The largest absolute Gasteiger partial charge is 0.443 e. The molecule has 0 fully saturated rings. The molecule has 0 unspecified atom stereocenters. The van der Waals surface area contributed by atoms with Crippen molar-refractivity contribution in [1.29, 1.82) is 0 Å². The Hall–Kier alpha value is -1.50. The van der Waals surface area contributed by atoms with Crippen molar-refractivity contribution in [2.24, 2.45) is 4.99 Å². The molecule has 0 saturated carbocycles. The van der Waals surface area contributed by atoms with E-state index in [0.29, 0.717) is 13.0 Å². The average molecular weight is 359 g/mol. The van der Waals surface area contributed by atoms with Gasteiger partial charge in [0.1, 0.15) is 11.2 Å². The molecule has 2 amide bonds. The second-order valence-corrected chi connectivity index (χ2v) is 8.19. The van der Waals surface area contributed by atoms with Gasteiger partial charge in [-0.3, -0.25) is 4.90 Å². The Balaban J connectivity index is 5.43. The first-order chi connectivity index (χ1) is 10.7. The van der Waals surface area contributed by atoms with Gasteiger partial charge in [-0.25, -0.2) is 9.59 Å². The zero-order valence-electron chi connectivity index (χ0n) is 16.1. The maximum atomic E-state index is 12.5. The maximum Gasteiger partial charge on any atom is 0.436 e. The van der Waals surface area contributed by atoms with E-state index in [1.165, 1.54) is 16.7 Å². The minimum Gasteiger partial charge on any atom is -0.443 e. The molecular formula is C17H30N2O4S. The van der Waals surface area contributed by atoms with E-state index in [-0.39, 0.29) is 5.17 Å². The number of amidine groups is 1. The summed E-state index contributed by atoms with van der Waals surface area (Å²) in [6.45, 7) is 16.7. The van der Waals surface area contributed by atoms with Crippen LogP contribution < -0.4 is 0 Å². The summed E-state index contributed by atoms with van der Waals surface area (Å²) in [7, 11) is 0. The highest BCUT2D eigenvalue weighted by molar-refractivity contribution is 8.13. The van der Waals surface area contributed by atoms with Crippen molar-refractivity contribution < 1.29 is 19.1 Å². The van der Waals surface area contributed by atoms with Crippen LogP contribution in [-0.2, 0) is 9.47 Å². The molecule has 0 spiro atoms. The van der Waals surface area contributed by atoms with Gasteiger partial charge in [0, 0.05) is 6.54 Å². The predicted octanol–water partition coefficient (Wildman–Crippen LogP) is 4.84. The fourth-order valence-corrected chi connectivity index (χ4v) is 2.02. The SMILES string of the molecule is C=C(C)CCN(C(=O)OC(C)(C)C)/C(=N/C(=O)OC(C)(C)C)SC. The fraction of sp³-hybridized carbons (Fsp3) is 0.706. The first-order valence-electron chi connectivity index (χ1n) is 7.75. The van der Waals surface area contributed by atoms with E-state index >= 15 is 0 Å². The first kappa shape index (κ1) is 22.5. The third kappa shape index (κ3) is 10.3. The topological polar surface area (TPSA) is 68.2 Å². The standard InChI is InChI=1S/C17H30N2O4S/c1-12(2)10-11-19(15(21)23-17(6,7)8)13(24-9)18-14(20)22-16(3,4)5/h1,10-11H2,2-9H3/b18-13-. The summed E-state index contributed by atoms with van der Waals surface area (Å²) >= 11 is 1.18. The smallest absolute Gasteiger partial charge is 0.436 e. The van der Waals surface area contributed by atoms with Crippen LogP contribution >= 0.6 is 11.8 Å². The predicted molar refractivity (Wildman–Crippen MR) is 99.6 cm³/mol. The van der Waals surface area contributed by atoms with Crippen molar-refractivity contribution in [3.8, 4) is 0 Å². The Bertz CT molecular complexity index is 502. The van der Waals surface area contributed by atoms with Crippen LogP contribution in [0, 0.1) is 0 Å². The van der Waals surface area contributed by atoms with Crippen molar-refractivity contribution >= 4 is 29.1 Å². The molecule has 6 nitrogen and oxygen atoms in total. The summed E-state index contributed by atoms with van der Waals surface area (Å²) in [6.07, 6.45) is 1.02. The van der Waals surface area contributed by atoms with Crippen LogP contribution in [0.3, 0.4) is 0 Å². The minimum atomic E-state index is -0.740. The molecule has 0 N–H and O–H groups in total. The number of ether oxygens (including phenoxy) is 2. The summed E-state index contributed by atoms with van der Waals surface area (Å²) in [5.41, 5.74) is -0.381. The number of aliphatic imine (C=N–C) groups is 1. The highest BCUT2D eigenvalue weighted by Crippen LogP contribution is 2.16. The van der Waals surface area contributed by atoms with Gasteiger partial charge >= 0.3 is 12.2 Å². The van der Waals surface area contributed by atoms with E-state index in [9.17, 15) is 9.59 Å². The lowest BCUT2D eigenvalue weighted by molar-refractivity contribution is 0.0375. The number of thioether (sulfide) groups is 1. The third-order valence-electron chi connectivity index (χ3n) is 2.37. The Morgan fingerprint density at radius 3 is 1.96 bits per heavy atom. The van der Waals surface area contributed by atoms with E-state index in [2.05, 4.69) is 11.6 Å². The van der Waals surface area contributed by atoms with Gasteiger partial charge in [0.05, 0.1) is 0 Å². The number of nitrogens with zero attached hydrogens (tertiary/aromatic N) is 2. The molecule has 138 valence electrons. The number of amides is 2. The number of rotatable bonds is 3. The fourth-order valence-electron chi connectivity index (χ4n) is 1.46. The summed E-state index contributed by atoms with van der Waals surface area (Å²) in [5.74, 6) is 0. The van der Waals surface area contributed by atoms with Crippen molar-refractivity contribution in [3.05, 3.63) is 12.2 Å². The van der Waals surface area contributed by atoms with Crippen molar-refractivity contribution in [2.75, 3.05) is 12.8 Å². The molecule has 7 heteroatoms. The number of carbonyl (C=O) groups excluding carboxylic acids is 2. The zero-order chi connectivity index (χ0) is 19.1. The molecule has 24 heavy (non-hydrogen) atoms. The van der Waals surface area contributed by atoms with Crippen LogP contribution in [0.5, 0.6) is 0 Å². The molecule has 0 radical (unpaired) electrons. The third-order valence-corrected chi connectivity index (χ3v) is 3.05. The van der Waals surface area contributed by atoms with E-state index in [1.54, 1.807) is 47.8 Å². The van der Waals surface area contributed by atoms with Gasteiger partial charge in [0.15, 0.2) is 5.17 Å². The van der Waals surface area contributed by atoms with Gasteiger partial charge < -0.3 is 9.47 Å². The monoisotopic (exact) mass is 358 g/mol. The molecule has 0 aliphatic heterocycles. The van der Waals surface area contributed by atoms with E-state index in [0.717, 1.165) is 5.57 Å². The van der Waals surface area contributed by atoms with Crippen LogP contribution in [0.4, 0.5) is 9.59 Å². The summed E-state index contributed by atoms with van der Waals surface area (Å²) in [6, 6.07) is 0. The van der Waals surface area contributed by atoms with Crippen molar-refractivity contribution in [2.45, 2.75) is 66.1 Å². The summed E-state index contributed by atoms with van der Waals surface area (Å²) in [5, 5.41) is 0.236. The second-order valence-electron chi connectivity index (χ2n) is 7.42. The molecule has 0 aromatic rings. The van der Waals surface area contributed by atoms with Gasteiger partial charge in [0.2, 0.25) is 0 Å². The van der Waals surface area contributed by atoms with Gasteiger partial charge in [-0.1, -0.05) is 17.3 Å². The molecule has 0 aromatic carbocycles. The van der Waals surface area contributed by atoms with E-state index in [1.807, 2.05) is 6.92 Å². The van der Waals surface area contributed by atoms with Crippen LogP contribution in [0.1, 0.15) is 54.9 Å². The highest BCUT2D eigenvalue weighted by Gasteiger charge is 2.27. The number of hydrogen-bond donors (Lipinski definition) is 0. The molecule has 0 bridgehead atoms. The maximum absolute atomic E-state index is 12.5. The number of hydrogen-bond acceptors (Lipinski definition) is 5. The van der Waals surface area contributed by atoms with Crippen LogP contribution in [0.15, 0.2) is 17.1 Å². The lowest BCUT2D eigenvalue weighted by Crippen LogP contribution is -2.40. The van der Waals surface area contributed by atoms with Crippen LogP contribution in [-0.4, -0.2) is 46.3 Å². The summed E-state index contributed by atoms with van der Waals surface area (Å²) < 4.78 is 10.6. The Morgan fingerprint density at radius 2 is 1.58 bits per heavy atom. The molecule has 0 atom stereocenters. The summed E-state index contributed by atoms with van der Waals surface area (Å²) in [4.78, 5) is 29.7. The van der Waals surface area contributed by atoms with Gasteiger partial charge in [-0.15, -0.1) is 6.58 Å². The molecule has 0 aromatic heterocycles. The van der Waals surface area contributed by atoms with Crippen molar-refractivity contribution in [1.82, 2.24) is 4.90 Å². The molecule has 0 saturated heterocycles. The Morgan fingerprint density at radius 1 is 1.08 bits per heavy atom. The molecule has 0 aliphatic carbocycles. The van der Waals surface area contributed by atoms with Gasteiger partial charge in [-0.05, 0) is 61.1 Å². The van der Waals surface area contributed by atoms with Crippen molar-refractivity contribution in [3.63, 3.8) is 0 Å². The Kier molecular flexibility index (Phi) is 8.54. The zero-order valence-corrected chi connectivity index (χ0v) is 16.9. The minimum absolute atomic E-state index is 0.236. The van der Waals surface area contributed by atoms with Crippen LogP contribution in [0.2, 0.25) is 0 Å². The van der Waals surface area contributed by atoms with Gasteiger partial charge in [0.25, 0.3) is 0 Å². The normalized spacial score (nSPS) is 12.6. The van der Waals surface area contributed by atoms with Gasteiger partial charge in [-0.2, -0.15) is 4.99 Å². The molecular weight excluding hydrogens is 328 g/mol. The molecule has 0 heterocycles. The first-order valence-corrected chi connectivity index (χ1v) is 8.98. The van der Waals surface area contributed by atoms with E-state index < -0.39 is 23.4 Å². The highest BCUT2D eigenvalue weighted by atomic mass is 32.2. The second kappa shape index (κ2) is 9.11. The van der Waals surface area contributed by atoms with E-state index in [4.69, 9.17) is 9.47 Å². The lowest BCUT2D eigenvalue weighted by Gasteiger charge is -2.27. The lowest BCUT2D eigenvalue weighted by atomic mass is 10.2. The number of carbonyl (C=O) groups is 2. The quantitative estimate of drug-likeness (QED) is 0.410.